The van der Waals surface area contributed by atoms with Crippen molar-refractivity contribution < 1.29 is 23.6 Å². The number of rotatable bonds is 5. The molecular formula is C24H19ClN4O5. The first-order chi connectivity index (χ1) is 16.5. The summed E-state index contributed by atoms with van der Waals surface area (Å²) >= 11 is 6.19. The highest BCUT2D eigenvalue weighted by Crippen LogP contribution is 2.49. The Labute approximate surface area is 199 Å². The van der Waals surface area contributed by atoms with Gasteiger partial charge in [0.05, 0.1) is 21.8 Å². The molecule has 0 N–H and O–H groups in total. The summed E-state index contributed by atoms with van der Waals surface area (Å²) < 4.78 is 10.9. The number of halogens is 1. The number of aromatic nitrogens is 2. The number of esters is 1. The topological polar surface area (TPSA) is 106 Å². The van der Waals surface area contributed by atoms with Gasteiger partial charge < -0.3 is 14.2 Å². The predicted octanol–water partition coefficient (Wildman–Crippen LogP) is 3.57. The van der Waals surface area contributed by atoms with E-state index >= 15 is 0 Å². The van der Waals surface area contributed by atoms with Crippen LogP contribution >= 0.6 is 11.6 Å². The molecule has 0 bridgehead atoms. The lowest BCUT2D eigenvalue weighted by Gasteiger charge is -2.48. The Kier molecular flexibility index (Phi) is 4.70. The zero-order valence-corrected chi connectivity index (χ0v) is 18.7. The van der Waals surface area contributed by atoms with Gasteiger partial charge in [-0.3, -0.25) is 14.5 Å². The molecular weight excluding hydrogens is 460 g/mol. The van der Waals surface area contributed by atoms with E-state index in [1.807, 2.05) is 0 Å². The van der Waals surface area contributed by atoms with Crippen LogP contribution < -0.4 is 4.90 Å². The summed E-state index contributed by atoms with van der Waals surface area (Å²) in [5.74, 6) is -0.813. The molecule has 1 saturated carbocycles. The van der Waals surface area contributed by atoms with Crippen LogP contribution in [-0.4, -0.2) is 44.5 Å². The van der Waals surface area contributed by atoms with E-state index in [1.54, 1.807) is 53.4 Å². The zero-order chi connectivity index (χ0) is 23.4. The average Bonchev–Trinajstić information content (AvgIpc) is 3.45. The molecule has 3 heterocycles. The molecule has 3 aliphatic rings. The number of nitrogens with zero attached hydrogens (tertiary/aromatic N) is 4. The Balaban J connectivity index is 1.31. The lowest BCUT2D eigenvalue weighted by molar-refractivity contribution is -0.159. The van der Waals surface area contributed by atoms with Crippen LogP contribution in [0.2, 0.25) is 5.02 Å². The first-order valence-electron chi connectivity index (χ1n) is 11.0. The van der Waals surface area contributed by atoms with Gasteiger partial charge in [0.15, 0.2) is 6.61 Å². The minimum absolute atomic E-state index is 0.112. The minimum Gasteiger partial charge on any atom is -0.454 e. The van der Waals surface area contributed by atoms with E-state index in [9.17, 15) is 14.4 Å². The van der Waals surface area contributed by atoms with Crippen molar-refractivity contribution in [1.82, 2.24) is 15.0 Å². The standard InChI is InChI=1S/C24H19ClN4O5/c25-17-7-3-1-5-15(17)21-26-19(27-34-21)13-33-23(32)24-12-11-20(30)29(24)18-8-4-2-6-16(18)22(31)28(24)14-9-10-14/h1-8,14H,9-13H2. The van der Waals surface area contributed by atoms with Crippen LogP contribution in [0.25, 0.3) is 11.5 Å². The van der Waals surface area contributed by atoms with Crippen molar-refractivity contribution in [2.24, 2.45) is 0 Å². The number of ether oxygens (including phenoxy) is 1. The van der Waals surface area contributed by atoms with Crippen LogP contribution in [0.1, 0.15) is 41.9 Å². The lowest BCUT2D eigenvalue weighted by atomic mass is 9.96. The van der Waals surface area contributed by atoms with Crippen molar-refractivity contribution in [3.63, 3.8) is 0 Å². The molecule has 1 aliphatic carbocycles. The maximum absolute atomic E-state index is 13.6. The second-order valence-electron chi connectivity index (χ2n) is 8.54. The van der Waals surface area contributed by atoms with Gasteiger partial charge in [-0.1, -0.05) is 41.0 Å². The maximum Gasteiger partial charge on any atom is 0.354 e. The Hall–Kier alpha value is -3.72. The third-order valence-corrected chi connectivity index (χ3v) is 6.77. The van der Waals surface area contributed by atoms with E-state index in [0.29, 0.717) is 21.8 Å². The van der Waals surface area contributed by atoms with Crippen molar-refractivity contribution in [1.29, 1.82) is 0 Å². The van der Waals surface area contributed by atoms with Crippen LogP contribution in [0.4, 0.5) is 5.69 Å². The number of para-hydroxylation sites is 1. The van der Waals surface area contributed by atoms with E-state index in [-0.39, 0.29) is 49.0 Å². The third kappa shape index (κ3) is 3.03. The molecule has 9 nitrogen and oxygen atoms in total. The molecule has 6 rings (SSSR count). The van der Waals surface area contributed by atoms with Crippen LogP contribution in [0.15, 0.2) is 53.1 Å². The summed E-state index contributed by atoms with van der Waals surface area (Å²) in [5, 5.41) is 4.34. The molecule has 2 fully saturated rings. The maximum atomic E-state index is 13.6. The quantitative estimate of drug-likeness (QED) is 0.516. The molecule has 0 spiro atoms. The Morgan fingerprint density at radius 3 is 2.62 bits per heavy atom. The molecule has 1 atom stereocenters. The number of benzene rings is 2. The fourth-order valence-electron chi connectivity index (χ4n) is 4.81. The first kappa shape index (κ1) is 20.9. The molecule has 1 unspecified atom stereocenters. The molecule has 2 aromatic carbocycles. The molecule has 0 radical (unpaired) electrons. The Morgan fingerprint density at radius 1 is 1.12 bits per heavy atom. The fourth-order valence-corrected chi connectivity index (χ4v) is 5.03. The van der Waals surface area contributed by atoms with Crippen LogP contribution in [0.5, 0.6) is 0 Å². The van der Waals surface area contributed by atoms with Crippen molar-refractivity contribution >= 4 is 35.1 Å². The largest absolute Gasteiger partial charge is 0.454 e. The summed E-state index contributed by atoms with van der Waals surface area (Å²) in [6, 6.07) is 13.8. The van der Waals surface area contributed by atoms with E-state index in [1.165, 1.54) is 4.90 Å². The normalized spacial score (nSPS) is 21.4. The van der Waals surface area contributed by atoms with Gasteiger partial charge in [0.25, 0.3) is 11.8 Å². The van der Waals surface area contributed by atoms with E-state index in [2.05, 4.69) is 10.1 Å². The molecule has 2 amide bonds. The first-order valence-corrected chi connectivity index (χ1v) is 11.4. The van der Waals surface area contributed by atoms with Crippen molar-refractivity contribution in [2.45, 2.75) is 44.0 Å². The summed E-state index contributed by atoms with van der Waals surface area (Å²) in [7, 11) is 0. The second kappa shape index (κ2) is 7.66. The number of hydrogen-bond acceptors (Lipinski definition) is 7. The minimum atomic E-state index is -1.51. The van der Waals surface area contributed by atoms with Crippen molar-refractivity contribution in [3.05, 3.63) is 64.9 Å². The highest BCUT2D eigenvalue weighted by atomic mass is 35.5. The number of amides is 2. The summed E-state index contributed by atoms with van der Waals surface area (Å²) in [4.78, 5) is 47.3. The van der Waals surface area contributed by atoms with Gasteiger partial charge in [0.1, 0.15) is 0 Å². The van der Waals surface area contributed by atoms with Gasteiger partial charge in [0.2, 0.25) is 17.4 Å². The Bertz CT molecular complexity index is 1340. The monoisotopic (exact) mass is 478 g/mol. The van der Waals surface area contributed by atoms with Gasteiger partial charge in [0, 0.05) is 18.9 Å². The number of carbonyl (C=O) groups excluding carboxylic acids is 3. The summed E-state index contributed by atoms with van der Waals surface area (Å²) in [6.45, 7) is -0.273. The molecule has 10 heteroatoms. The lowest BCUT2D eigenvalue weighted by Crippen LogP contribution is -2.69. The molecule has 1 saturated heterocycles. The van der Waals surface area contributed by atoms with Gasteiger partial charge >= 0.3 is 5.97 Å². The van der Waals surface area contributed by atoms with Crippen LogP contribution in [-0.2, 0) is 20.9 Å². The summed E-state index contributed by atoms with van der Waals surface area (Å²) in [5.41, 5.74) is -0.103. The Morgan fingerprint density at radius 2 is 1.85 bits per heavy atom. The second-order valence-corrected chi connectivity index (χ2v) is 8.95. The number of carbonyl (C=O) groups is 3. The zero-order valence-electron chi connectivity index (χ0n) is 17.9. The average molecular weight is 479 g/mol. The number of fused-ring (bicyclic) bond motifs is 3. The van der Waals surface area contributed by atoms with E-state index in [4.69, 9.17) is 20.9 Å². The van der Waals surface area contributed by atoms with Crippen LogP contribution in [0, 0.1) is 0 Å². The molecule has 34 heavy (non-hydrogen) atoms. The number of anilines is 1. The van der Waals surface area contributed by atoms with Crippen molar-refractivity contribution in [2.75, 3.05) is 4.90 Å². The predicted molar refractivity (Wildman–Crippen MR) is 120 cm³/mol. The van der Waals surface area contributed by atoms with E-state index in [0.717, 1.165) is 12.8 Å². The van der Waals surface area contributed by atoms with Gasteiger partial charge in [-0.15, -0.1) is 0 Å². The van der Waals surface area contributed by atoms with Crippen molar-refractivity contribution in [3.8, 4) is 11.5 Å². The number of hydrogen-bond donors (Lipinski definition) is 0. The molecule has 1 aromatic heterocycles. The fraction of sp³-hybridized carbons (Fsp3) is 0.292. The molecule has 2 aliphatic heterocycles. The highest BCUT2D eigenvalue weighted by molar-refractivity contribution is 6.33. The SMILES string of the molecule is O=C1CCC2(C(=O)OCc3noc(-c4ccccc4Cl)n3)N1c1ccccc1C(=O)N2C1CC1. The summed E-state index contributed by atoms with van der Waals surface area (Å²) in [6.07, 6.45) is 1.85. The van der Waals surface area contributed by atoms with Gasteiger partial charge in [-0.05, 0) is 37.1 Å². The van der Waals surface area contributed by atoms with Gasteiger partial charge in [-0.2, -0.15) is 4.98 Å². The highest BCUT2D eigenvalue weighted by Gasteiger charge is 2.64. The smallest absolute Gasteiger partial charge is 0.354 e. The van der Waals surface area contributed by atoms with Gasteiger partial charge in [-0.25, -0.2) is 4.79 Å². The molecule has 172 valence electrons. The van der Waals surface area contributed by atoms with Crippen LogP contribution in [0.3, 0.4) is 0 Å². The van der Waals surface area contributed by atoms with E-state index < -0.39 is 11.6 Å². The molecule has 3 aromatic rings. The third-order valence-electron chi connectivity index (χ3n) is 6.44.